The average Bonchev–Trinajstić information content (AvgIpc) is 2.27. The number of carbonyl (C=O) groups is 1. The summed E-state index contributed by atoms with van der Waals surface area (Å²) in [5.74, 6) is -0.0119. The van der Waals surface area contributed by atoms with Crippen LogP contribution >= 0.6 is 0 Å². The minimum atomic E-state index is -0.0366. The minimum Gasteiger partial charge on any atom is -0.395 e. The fourth-order valence-electron chi connectivity index (χ4n) is 1.45. The molecule has 0 aromatic carbocycles. The summed E-state index contributed by atoms with van der Waals surface area (Å²) >= 11 is 0. The first-order chi connectivity index (χ1) is 7.22. The van der Waals surface area contributed by atoms with E-state index in [1.54, 1.807) is 0 Å². The third kappa shape index (κ3) is 5.11. The van der Waals surface area contributed by atoms with Crippen LogP contribution in [0.4, 0.5) is 0 Å². The Morgan fingerprint density at radius 2 is 2.20 bits per heavy atom. The van der Waals surface area contributed by atoms with Crippen LogP contribution in [0.2, 0.25) is 0 Å². The van der Waals surface area contributed by atoms with Gasteiger partial charge in [0.1, 0.15) is 0 Å². The van der Waals surface area contributed by atoms with Crippen molar-refractivity contribution < 1.29 is 14.6 Å². The molecule has 0 aliphatic carbocycles. The van der Waals surface area contributed by atoms with E-state index in [1.807, 2.05) is 6.92 Å². The molecule has 1 amide bonds. The SMILES string of the molecule is CC(CO)NCC(=O)NC1CCOCC1. The number of aliphatic hydroxyl groups is 1. The second kappa shape index (κ2) is 6.76. The van der Waals surface area contributed by atoms with E-state index in [0.29, 0.717) is 0 Å². The van der Waals surface area contributed by atoms with Crippen LogP contribution in [0, 0.1) is 0 Å². The van der Waals surface area contributed by atoms with Crippen LogP contribution in [0.15, 0.2) is 0 Å². The van der Waals surface area contributed by atoms with Crippen LogP contribution in [0.5, 0.6) is 0 Å². The molecule has 1 heterocycles. The monoisotopic (exact) mass is 216 g/mol. The van der Waals surface area contributed by atoms with Crippen molar-refractivity contribution in [3.8, 4) is 0 Å². The number of hydrogen-bond acceptors (Lipinski definition) is 4. The Balaban J connectivity index is 2.11. The van der Waals surface area contributed by atoms with Crippen LogP contribution in [0.3, 0.4) is 0 Å². The van der Waals surface area contributed by atoms with Gasteiger partial charge in [0.25, 0.3) is 0 Å². The number of carbonyl (C=O) groups excluding carboxylic acids is 1. The summed E-state index contributed by atoms with van der Waals surface area (Å²) in [4.78, 5) is 11.4. The van der Waals surface area contributed by atoms with Crippen molar-refractivity contribution in [1.29, 1.82) is 0 Å². The molecule has 3 N–H and O–H groups in total. The van der Waals surface area contributed by atoms with Crippen molar-refractivity contribution in [1.82, 2.24) is 10.6 Å². The molecule has 1 aliphatic rings. The van der Waals surface area contributed by atoms with Gasteiger partial charge in [0.2, 0.25) is 5.91 Å². The summed E-state index contributed by atoms with van der Waals surface area (Å²) < 4.78 is 5.20. The lowest BCUT2D eigenvalue weighted by Gasteiger charge is -2.23. The van der Waals surface area contributed by atoms with Crippen LogP contribution in [-0.2, 0) is 9.53 Å². The molecule has 1 unspecified atom stereocenters. The Labute approximate surface area is 90.2 Å². The van der Waals surface area contributed by atoms with Gasteiger partial charge in [0.05, 0.1) is 13.2 Å². The molecule has 5 heteroatoms. The quantitative estimate of drug-likeness (QED) is 0.565. The topological polar surface area (TPSA) is 70.6 Å². The van der Waals surface area contributed by atoms with Crippen molar-refractivity contribution in [3.63, 3.8) is 0 Å². The smallest absolute Gasteiger partial charge is 0.234 e. The number of rotatable bonds is 5. The third-order valence-corrected chi connectivity index (χ3v) is 2.47. The molecule has 0 bridgehead atoms. The molecule has 0 saturated carbocycles. The first-order valence-electron chi connectivity index (χ1n) is 5.43. The molecule has 1 fully saturated rings. The standard InChI is InChI=1S/C10H20N2O3/c1-8(7-13)11-6-10(14)12-9-2-4-15-5-3-9/h8-9,11,13H,2-7H2,1H3,(H,12,14). The van der Waals surface area contributed by atoms with Gasteiger partial charge in [-0.1, -0.05) is 0 Å². The lowest BCUT2D eigenvalue weighted by Crippen LogP contribution is -2.45. The second-order valence-electron chi connectivity index (χ2n) is 3.92. The van der Waals surface area contributed by atoms with Crippen LogP contribution in [0.25, 0.3) is 0 Å². The molecule has 0 aromatic heterocycles. The molecule has 0 aromatic rings. The van der Waals surface area contributed by atoms with E-state index in [0.717, 1.165) is 26.1 Å². The fraction of sp³-hybridized carbons (Fsp3) is 0.900. The van der Waals surface area contributed by atoms with Crippen LogP contribution in [-0.4, -0.2) is 49.5 Å². The highest BCUT2D eigenvalue weighted by atomic mass is 16.5. The molecule has 1 aliphatic heterocycles. The lowest BCUT2D eigenvalue weighted by molar-refractivity contribution is -0.121. The van der Waals surface area contributed by atoms with E-state index in [4.69, 9.17) is 9.84 Å². The number of hydrogen-bond donors (Lipinski definition) is 3. The van der Waals surface area contributed by atoms with Gasteiger partial charge < -0.3 is 20.5 Å². The Hall–Kier alpha value is -0.650. The predicted molar refractivity (Wildman–Crippen MR) is 56.5 cm³/mol. The largest absolute Gasteiger partial charge is 0.395 e. The summed E-state index contributed by atoms with van der Waals surface area (Å²) in [5.41, 5.74) is 0. The first kappa shape index (κ1) is 12.4. The van der Waals surface area contributed by atoms with Gasteiger partial charge in [-0.15, -0.1) is 0 Å². The van der Waals surface area contributed by atoms with Gasteiger partial charge in [0.15, 0.2) is 0 Å². The van der Waals surface area contributed by atoms with E-state index in [9.17, 15) is 4.79 Å². The fourth-order valence-corrected chi connectivity index (χ4v) is 1.45. The zero-order chi connectivity index (χ0) is 11.1. The maximum atomic E-state index is 11.4. The summed E-state index contributed by atoms with van der Waals surface area (Å²) in [6.45, 7) is 3.60. The van der Waals surface area contributed by atoms with Gasteiger partial charge >= 0.3 is 0 Å². The van der Waals surface area contributed by atoms with Crippen molar-refractivity contribution in [2.24, 2.45) is 0 Å². The Morgan fingerprint density at radius 3 is 2.80 bits per heavy atom. The maximum absolute atomic E-state index is 11.4. The number of amides is 1. The Bertz CT molecular complexity index is 193. The first-order valence-corrected chi connectivity index (χ1v) is 5.43. The predicted octanol–water partition coefficient (Wildman–Crippen LogP) is -0.748. The minimum absolute atomic E-state index is 0.0119. The average molecular weight is 216 g/mol. The van der Waals surface area contributed by atoms with Crippen molar-refractivity contribution in [2.45, 2.75) is 31.8 Å². The summed E-state index contributed by atoms with van der Waals surface area (Å²) in [6.07, 6.45) is 1.78. The van der Waals surface area contributed by atoms with E-state index < -0.39 is 0 Å². The summed E-state index contributed by atoms with van der Waals surface area (Å²) in [5, 5.41) is 14.6. The van der Waals surface area contributed by atoms with Gasteiger partial charge in [-0.2, -0.15) is 0 Å². The third-order valence-electron chi connectivity index (χ3n) is 2.47. The molecule has 88 valence electrons. The highest BCUT2D eigenvalue weighted by molar-refractivity contribution is 5.78. The zero-order valence-electron chi connectivity index (χ0n) is 9.16. The van der Waals surface area contributed by atoms with Crippen LogP contribution < -0.4 is 10.6 Å². The van der Waals surface area contributed by atoms with E-state index in [2.05, 4.69) is 10.6 Å². The van der Waals surface area contributed by atoms with Crippen molar-refractivity contribution in [3.05, 3.63) is 0 Å². The molecule has 1 atom stereocenters. The van der Waals surface area contributed by atoms with Crippen LogP contribution in [0.1, 0.15) is 19.8 Å². The normalized spacial score (nSPS) is 19.9. The molecule has 5 nitrogen and oxygen atoms in total. The van der Waals surface area contributed by atoms with Crippen molar-refractivity contribution in [2.75, 3.05) is 26.4 Å². The molecular formula is C10H20N2O3. The maximum Gasteiger partial charge on any atom is 0.234 e. The van der Waals surface area contributed by atoms with E-state index in [-0.39, 0.29) is 31.1 Å². The van der Waals surface area contributed by atoms with Gasteiger partial charge in [-0.25, -0.2) is 0 Å². The summed E-state index contributed by atoms with van der Waals surface area (Å²) in [6, 6.07) is 0.211. The number of ether oxygens (including phenoxy) is 1. The number of aliphatic hydroxyl groups excluding tert-OH is 1. The zero-order valence-corrected chi connectivity index (χ0v) is 9.16. The molecule has 1 rings (SSSR count). The Kier molecular flexibility index (Phi) is 5.60. The molecule has 0 radical (unpaired) electrons. The second-order valence-corrected chi connectivity index (χ2v) is 3.92. The molecule has 0 spiro atoms. The number of nitrogens with one attached hydrogen (secondary N) is 2. The van der Waals surface area contributed by atoms with E-state index >= 15 is 0 Å². The van der Waals surface area contributed by atoms with Gasteiger partial charge in [-0.3, -0.25) is 4.79 Å². The highest BCUT2D eigenvalue weighted by Crippen LogP contribution is 2.05. The summed E-state index contributed by atoms with van der Waals surface area (Å²) in [7, 11) is 0. The molecule has 15 heavy (non-hydrogen) atoms. The molecule has 1 saturated heterocycles. The lowest BCUT2D eigenvalue weighted by atomic mass is 10.1. The Morgan fingerprint density at radius 1 is 1.53 bits per heavy atom. The van der Waals surface area contributed by atoms with Gasteiger partial charge in [0, 0.05) is 25.3 Å². The highest BCUT2D eigenvalue weighted by Gasteiger charge is 2.15. The van der Waals surface area contributed by atoms with Gasteiger partial charge in [-0.05, 0) is 19.8 Å². The van der Waals surface area contributed by atoms with E-state index in [1.165, 1.54) is 0 Å². The molecular weight excluding hydrogens is 196 g/mol. The van der Waals surface area contributed by atoms with Crippen molar-refractivity contribution >= 4 is 5.91 Å².